The lowest BCUT2D eigenvalue weighted by atomic mass is 9.96. The number of ether oxygens (including phenoxy) is 1. The van der Waals surface area contributed by atoms with Gasteiger partial charge in [0.25, 0.3) is 0 Å². The molecule has 1 N–H and O–H groups in total. The Hall–Kier alpha value is -1.94. The minimum atomic E-state index is -0.550. The van der Waals surface area contributed by atoms with Crippen molar-refractivity contribution < 1.29 is 13.5 Å². The van der Waals surface area contributed by atoms with Gasteiger partial charge in [-0.05, 0) is 31.2 Å². The molecular formula is C17H19F2NO. The zero-order chi connectivity index (χ0) is 15.4. The Balaban J connectivity index is 2.53. The Morgan fingerprint density at radius 3 is 2.52 bits per heavy atom. The standard InChI is InChI=1S/C17H19F2NO/c1-4-20-17(12-9-8-11(2)10-14(12)18)13-6-5-7-15(21-3)16(13)19/h5-10,17,20H,4H2,1-3H3. The van der Waals surface area contributed by atoms with Crippen molar-refractivity contribution in [1.82, 2.24) is 5.32 Å². The van der Waals surface area contributed by atoms with E-state index in [1.165, 1.54) is 13.2 Å². The summed E-state index contributed by atoms with van der Waals surface area (Å²) in [5.41, 5.74) is 1.63. The summed E-state index contributed by atoms with van der Waals surface area (Å²) in [6.45, 7) is 4.31. The van der Waals surface area contributed by atoms with E-state index in [4.69, 9.17) is 4.74 Å². The van der Waals surface area contributed by atoms with Gasteiger partial charge in [-0.15, -0.1) is 0 Å². The van der Waals surface area contributed by atoms with Gasteiger partial charge in [-0.2, -0.15) is 0 Å². The Morgan fingerprint density at radius 2 is 1.90 bits per heavy atom. The molecule has 0 fully saturated rings. The third-order valence-electron chi connectivity index (χ3n) is 3.40. The summed E-state index contributed by atoms with van der Waals surface area (Å²) in [5, 5.41) is 3.13. The minimum Gasteiger partial charge on any atom is -0.494 e. The molecule has 2 aromatic rings. The van der Waals surface area contributed by atoms with E-state index in [1.807, 2.05) is 19.9 Å². The van der Waals surface area contributed by atoms with Gasteiger partial charge in [-0.25, -0.2) is 8.78 Å². The van der Waals surface area contributed by atoms with Gasteiger partial charge >= 0.3 is 0 Å². The average molecular weight is 291 g/mol. The van der Waals surface area contributed by atoms with Gasteiger partial charge in [0.15, 0.2) is 11.6 Å². The van der Waals surface area contributed by atoms with E-state index in [9.17, 15) is 8.78 Å². The van der Waals surface area contributed by atoms with Gasteiger partial charge < -0.3 is 10.1 Å². The van der Waals surface area contributed by atoms with E-state index in [0.29, 0.717) is 17.7 Å². The molecule has 0 bridgehead atoms. The molecule has 2 rings (SSSR count). The summed E-state index contributed by atoms with van der Waals surface area (Å²) >= 11 is 0. The molecule has 0 heterocycles. The summed E-state index contributed by atoms with van der Waals surface area (Å²) in [5.74, 6) is -0.656. The number of halogens is 2. The summed E-state index contributed by atoms with van der Waals surface area (Å²) in [7, 11) is 1.41. The maximum absolute atomic E-state index is 14.5. The molecule has 1 atom stereocenters. The van der Waals surface area contributed by atoms with Gasteiger partial charge in [0.2, 0.25) is 0 Å². The number of nitrogens with one attached hydrogen (secondary N) is 1. The van der Waals surface area contributed by atoms with Gasteiger partial charge in [0, 0.05) is 11.1 Å². The molecule has 1 unspecified atom stereocenters. The van der Waals surface area contributed by atoms with Crippen molar-refractivity contribution >= 4 is 0 Å². The first-order valence-corrected chi connectivity index (χ1v) is 6.90. The van der Waals surface area contributed by atoms with Crippen LogP contribution in [0.5, 0.6) is 5.75 Å². The van der Waals surface area contributed by atoms with Crippen molar-refractivity contribution in [3.05, 3.63) is 64.7 Å². The largest absolute Gasteiger partial charge is 0.494 e. The highest BCUT2D eigenvalue weighted by molar-refractivity contribution is 5.39. The first-order chi connectivity index (χ1) is 10.1. The zero-order valence-corrected chi connectivity index (χ0v) is 12.4. The molecule has 112 valence electrons. The number of aryl methyl sites for hydroxylation is 1. The second-order valence-electron chi connectivity index (χ2n) is 4.88. The third kappa shape index (κ3) is 3.22. The molecular weight excluding hydrogens is 272 g/mol. The lowest BCUT2D eigenvalue weighted by Gasteiger charge is -2.21. The van der Waals surface area contributed by atoms with E-state index in [2.05, 4.69) is 5.32 Å². The Morgan fingerprint density at radius 1 is 1.14 bits per heavy atom. The van der Waals surface area contributed by atoms with Crippen LogP contribution in [0.15, 0.2) is 36.4 Å². The molecule has 0 radical (unpaired) electrons. The van der Waals surface area contributed by atoms with Crippen molar-refractivity contribution in [1.29, 1.82) is 0 Å². The van der Waals surface area contributed by atoms with Crippen molar-refractivity contribution in [3.8, 4) is 5.75 Å². The molecule has 21 heavy (non-hydrogen) atoms. The third-order valence-corrected chi connectivity index (χ3v) is 3.40. The predicted molar refractivity (Wildman–Crippen MR) is 79.6 cm³/mol. The SMILES string of the molecule is CCNC(c1ccc(C)cc1F)c1cccc(OC)c1F. The van der Waals surface area contributed by atoms with E-state index in [0.717, 1.165) is 5.56 Å². The zero-order valence-electron chi connectivity index (χ0n) is 12.4. The number of hydrogen-bond donors (Lipinski definition) is 1. The molecule has 2 aromatic carbocycles. The average Bonchev–Trinajstić information content (AvgIpc) is 2.46. The van der Waals surface area contributed by atoms with Crippen LogP contribution in [-0.2, 0) is 0 Å². The summed E-state index contributed by atoms with van der Waals surface area (Å²) in [6.07, 6.45) is 0. The van der Waals surface area contributed by atoms with Gasteiger partial charge in [-0.3, -0.25) is 0 Å². The highest BCUT2D eigenvalue weighted by atomic mass is 19.1. The summed E-state index contributed by atoms with van der Waals surface area (Å²) in [4.78, 5) is 0. The molecule has 0 spiro atoms. The second-order valence-corrected chi connectivity index (χ2v) is 4.88. The minimum absolute atomic E-state index is 0.155. The molecule has 0 aliphatic heterocycles. The molecule has 0 aliphatic carbocycles. The fourth-order valence-electron chi connectivity index (χ4n) is 2.37. The fourth-order valence-corrected chi connectivity index (χ4v) is 2.37. The van der Waals surface area contributed by atoms with Crippen molar-refractivity contribution in [2.75, 3.05) is 13.7 Å². The van der Waals surface area contributed by atoms with Gasteiger partial charge in [0.05, 0.1) is 13.2 Å². The number of rotatable bonds is 5. The van der Waals surface area contributed by atoms with E-state index < -0.39 is 11.9 Å². The van der Waals surface area contributed by atoms with Crippen LogP contribution in [-0.4, -0.2) is 13.7 Å². The van der Waals surface area contributed by atoms with Crippen LogP contribution in [0.3, 0.4) is 0 Å². The Bertz CT molecular complexity index is 628. The molecule has 0 amide bonds. The van der Waals surface area contributed by atoms with Crippen LogP contribution in [0, 0.1) is 18.6 Å². The maximum atomic E-state index is 14.5. The monoisotopic (exact) mass is 291 g/mol. The first kappa shape index (κ1) is 15.4. The van der Waals surface area contributed by atoms with Crippen molar-refractivity contribution in [3.63, 3.8) is 0 Å². The number of methoxy groups -OCH3 is 1. The topological polar surface area (TPSA) is 21.3 Å². The summed E-state index contributed by atoms with van der Waals surface area (Å²) < 4.78 is 33.7. The van der Waals surface area contributed by atoms with Crippen LogP contribution in [0.4, 0.5) is 8.78 Å². The van der Waals surface area contributed by atoms with Crippen LogP contribution in [0.2, 0.25) is 0 Å². The number of benzene rings is 2. The summed E-state index contributed by atoms with van der Waals surface area (Å²) in [6, 6.07) is 9.31. The van der Waals surface area contributed by atoms with Crippen molar-refractivity contribution in [2.24, 2.45) is 0 Å². The first-order valence-electron chi connectivity index (χ1n) is 6.90. The lowest BCUT2D eigenvalue weighted by molar-refractivity contribution is 0.381. The maximum Gasteiger partial charge on any atom is 0.170 e. The molecule has 0 aliphatic rings. The van der Waals surface area contributed by atoms with Crippen LogP contribution in [0.25, 0.3) is 0 Å². The Labute approximate surface area is 123 Å². The molecule has 0 saturated carbocycles. The normalized spacial score (nSPS) is 12.2. The quantitative estimate of drug-likeness (QED) is 0.899. The van der Waals surface area contributed by atoms with E-state index in [-0.39, 0.29) is 11.6 Å². The molecule has 2 nitrogen and oxygen atoms in total. The highest BCUT2D eigenvalue weighted by Crippen LogP contribution is 2.30. The highest BCUT2D eigenvalue weighted by Gasteiger charge is 2.22. The smallest absolute Gasteiger partial charge is 0.170 e. The van der Waals surface area contributed by atoms with Crippen LogP contribution >= 0.6 is 0 Å². The molecule has 0 saturated heterocycles. The van der Waals surface area contributed by atoms with E-state index >= 15 is 0 Å². The van der Waals surface area contributed by atoms with Crippen LogP contribution < -0.4 is 10.1 Å². The Kier molecular flexibility index (Phi) is 4.91. The second kappa shape index (κ2) is 6.68. The van der Waals surface area contributed by atoms with E-state index in [1.54, 1.807) is 24.3 Å². The van der Waals surface area contributed by atoms with Gasteiger partial charge in [-0.1, -0.05) is 31.2 Å². The molecule has 4 heteroatoms. The molecule has 0 aromatic heterocycles. The van der Waals surface area contributed by atoms with Crippen molar-refractivity contribution in [2.45, 2.75) is 19.9 Å². The fraction of sp³-hybridized carbons (Fsp3) is 0.294. The lowest BCUT2D eigenvalue weighted by Crippen LogP contribution is -2.24. The van der Waals surface area contributed by atoms with Gasteiger partial charge in [0.1, 0.15) is 5.82 Å². The number of hydrogen-bond acceptors (Lipinski definition) is 2. The van der Waals surface area contributed by atoms with Crippen LogP contribution in [0.1, 0.15) is 29.7 Å². The predicted octanol–water partition coefficient (Wildman–Crippen LogP) is 3.98.